The highest BCUT2D eigenvalue weighted by molar-refractivity contribution is 5.81. The number of benzene rings is 2. The molecule has 4 nitrogen and oxygen atoms in total. The van der Waals surface area contributed by atoms with Crippen molar-refractivity contribution in [3.05, 3.63) is 53.6 Å². The first-order valence-electron chi connectivity index (χ1n) is 5.71. The van der Waals surface area contributed by atoms with Gasteiger partial charge in [0.1, 0.15) is 5.82 Å². The van der Waals surface area contributed by atoms with E-state index in [4.69, 9.17) is 4.74 Å². The van der Waals surface area contributed by atoms with Crippen molar-refractivity contribution in [3.8, 4) is 11.5 Å². The maximum absolute atomic E-state index is 13.3. The zero-order valence-corrected chi connectivity index (χ0v) is 10.6. The van der Waals surface area contributed by atoms with Crippen molar-refractivity contribution in [3.63, 3.8) is 0 Å². The van der Waals surface area contributed by atoms with Gasteiger partial charge in [0.15, 0.2) is 17.3 Å². The number of anilines is 1. The molecule has 104 valence electrons. The number of phenols is 1. The Bertz CT molecular complexity index is 645. The summed E-state index contributed by atoms with van der Waals surface area (Å²) in [6.45, 7) is 0. The largest absolute Gasteiger partial charge is 0.504 e. The molecular weight excluding hydrogens is 266 g/mol. The fourth-order valence-corrected chi connectivity index (χ4v) is 1.54. The maximum Gasteiger partial charge on any atom is 0.160 e. The van der Waals surface area contributed by atoms with Crippen LogP contribution in [-0.4, -0.2) is 18.4 Å². The molecule has 0 bridgehead atoms. The van der Waals surface area contributed by atoms with Crippen molar-refractivity contribution in [2.45, 2.75) is 0 Å². The molecule has 0 spiro atoms. The molecule has 0 saturated carbocycles. The highest BCUT2D eigenvalue weighted by Gasteiger charge is 2.02. The van der Waals surface area contributed by atoms with Gasteiger partial charge in [-0.25, -0.2) is 8.78 Å². The SMILES string of the molecule is COc1ccc(/C=N/Nc2ccc(F)cc2F)cc1O. The topological polar surface area (TPSA) is 53.8 Å². The first-order valence-corrected chi connectivity index (χ1v) is 5.71. The van der Waals surface area contributed by atoms with Crippen LogP contribution in [0.3, 0.4) is 0 Å². The van der Waals surface area contributed by atoms with Crippen molar-refractivity contribution in [2.75, 3.05) is 12.5 Å². The average Bonchev–Trinajstić information content (AvgIpc) is 2.41. The Morgan fingerprint density at radius 3 is 2.65 bits per heavy atom. The van der Waals surface area contributed by atoms with Crippen molar-refractivity contribution >= 4 is 11.9 Å². The zero-order valence-electron chi connectivity index (χ0n) is 10.6. The second-order valence-corrected chi connectivity index (χ2v) is 3.93. The van der Waals surface area contributed by atoms with Gasteiger partial charge in [0, 0.05) is 6.07 Å². The van der Waals surface area contributed by atoms with E-state index in [-0.39, 0.29) is 11.4 Å². The van der Waals surface area contributed by atoms with Gasteiger partial charge in [-0.15, -0.1) is 0 Å². The predicted octanol–water partition coefficient (Wildman–Crippen LogP) is 3.13. The molecule has 2 N–H and O–H groups in total. The molecule has 2 rings (SSSR count). The first-order chi connectivity index (χ1) is 9.60. The van der Waals surface area contributed by atoms with Crippen LogP contribution in [-0.2, 0) is 0 Å². The van der Waals surface area contributed by atoms with Gasteiger partial charge in [0.2, 0.25) is 0 Å². The third kappa shape index (κ3) is 3.23. The van der Waals surface area contributed by atoms with Gasteiger partial charge < -0.3 is 9.84 Å². The second-order valence-electron chi connectivity index (χ2n) is 3.93. The lowest BCUT2D eigenvalue weighted by atomic mass is 10.2. The summed E-state index contributed by atoms with van der Waals surface area (Å²) < 4.78 is 30.9. The molecule has 0 unspecified atom stereocenters. The Labute approximate surface area is 114 Å². The Morgan fingerprint density at radius 2 is 2.00 bits per heavy atom. The Hall–Kier alpha value is -2.63. The lowest BCUT2D eigenvalue weighted by Gasteiger charge is -2.04. The molecule has 2 aromatic rings. The number of nitrogens with zero attached hydrogens (tertiary/aromatic N) is 1. The molecule has 0 aliphatic heterocycles. The van der Waals surface area contributed by atoms with Gasteiger partial charge in [-0.1, -0.05) is 0 Å². The molecule has 20 heavy (non-hydrogen) atoms. The molecule has 2 aromatic carbocycles. The Kier molecular flexibility index (Phi) is 4.14. The van der Waals surface area contributed by atoms with Gasteiger partial charge in [-0.2, -0.15) is 5.10 Å². The van der Waals surface area contributed by atoms with E-state index in [0.29, 0.717) is 11.3 Å². The number of hydrogen-bond donors (Lipinski definition) is 2. The van der Waals surface area contributed by atoms with Gasteiger partial charge >= 0.3 is 0 Å². The van der Waals surface area contributed by atoms with Crippen molar-refractivity contribution < 1.29 is 18.6 Å². The van der Waals surface area contributed by atoms with Crippen LogP contribution in [0.5, 0.6) is 11.5 Å². The number of hydrogen-bond acceptors (Lipinski definition) is 4. The Morgan fingerprint density at radius 1 is 1.20 bits per heavy atom. The number of ether oxygens (including phenoxy) is 1. The number of halogens is 2. The first kappa shape index (κ1) is 13.8. The van der Waals surface area contributed by atoms with Crippen LogP contribution in [0.15, 0.2) is 41.5 Å². The summed E-state index contributed by atoms with van der Waals surface area (Å²) in [5, 5.41) is 13.4. The summed E-state index contributed by atoms with van der Waals surface area (Å²) in [4.78, 5) is 0. The minimum atomic E-state index is -0.736. The quantitative estimate of drug-likeness (QED) is 0.667. The molecule has 0 saturated heterocycles. The monoisotopic (exact) mass is 278 g/mol. The molecule has 0 heterocycles. The van der Waals surface area contributed by atoms with Crippen LogP contribution in [0.1, 0.15) is 5.56 Å². The van der Waals surface area contributed by atoms with Gasteiger partial charge in [-0.05, 0) is 35.9 Å². The summed E-state index contributed by atoms with van der Waals surface area (Å²) in [5.41, 5.74) is 3.10. The number of methoxy groups -OCH3 is 1. The van der Waals surface area contributed by atoms with E-state index < -0.39 is 11.6 Å². The van der Waals surface area contributed by atoms with Crippen LogP contribution < -0.4 is 10.2 Å². The fourth-order valence-electron chi connectivity index (χ4n) is 1.54. The average molecular weight is 278 g/mol. The molecule has 6 heteroatoms. The molecule has 0 atom stereocenters. The number of aromatic hydroxyl groups is 1. The van der Waals surface area contributed by atoms with Crippen molar-refractivity contribution in [2.24, 2.45) is 5.10 Å². The standard InChI is InChI=1S/C14H12F2N2O2/c1-20-14-5-2-9(6-13(14)19)8-17-18-12-4-3-10(15)7-11(12)16/h2-8,18-19H,1H3/b17-8+. The molecule has 0 fully saturated rings. The molecule has 0 aromatic heterocycles. The fraction of sp³-hybridized carbons (Fsp3) is 0.0714. The molecular formula is C14H12F2N2O2. The summed E-state index contributed by atoms with van der Waals surface area (Å²) in [7, 11) is 1.45. The Balaban J connectivity index is 2.08. The minimum absolute atomic E-state index is 0.0237. The zero-order chi connectivity index (χ0) is 14.5. The molecule has 0 radical (unpaired) electrons. The lowest BCUT2D eigenvalue weighted by Crippen LogP contribution is -1.94. The summed E-state index contributed by atoms with van der Waals surface area (Å²) >= 11 is 0. The van der Waals surface area contributed by atoms with Crippen LogP contribution in [0.2, 0.25) is 0 Å². The van der Waals surface area contributed by atoms with Crippen molar-refractivity contribution in [1.82, 2.24) is 0 Å². The van der Waals surface area contributed by atoms with Crippen LogP contribution in [0.4, 0.5) is 14.5 Å². The van der Waals surface area contributed by atoms with Crippen LogP contribution in [0.25, 0.3) is 0 Å². The van der Waals surface area contributed by atoms with E-state index >= 15 is 0 Å². The summed E-state index contributed by atoms with van der Waals surface area (Å²) in [5.74, 6) is -1.07. The third-order valence-electron chi connectivity index (χ3n) is 2.53. The van der Waals surface area contributed by atoms with Gasteiger partial charge in [-0.3, -0.25) is 5.43 Å². The van der Waals surface area contributed by atoms with E-state index in [0.717, 1.165) is 12.1 Å². The number of rotatable bonds is 4. The van der Waals surface area contributed by atoms with E-state index in [1.54, 1.807) is 12.1 Å². The third-order valence-corrected chi connectivity index (χ3v) is 2.53. The maximum atomic E-state index is 13.3. The van der Waals surface area contributed by atoms with Gasteiger partial charge in [0.25, 0.3) is 0 Å². The number of hydrazone groups is 1. The molecule has 0 amide bonds. The summed E-state index contributed by atoms with van der Waals surface area (Å²) in [6, 6.07) is 7.83. The summed E-state index contributed by atoms with van der Waals surface area (Å²) in [6.07, 6.45) is 1.39. The van der Waals surface area contributed by atoms with Crippen molar-refractivity contribution in [1.29, 1.82) is 0 Å². The van der Waals surface area contributed by atoms with E-state index in [1.165, 1.54) is 25.5 Å². The lowest BCUT2D eigenvalue weighted by molar-refractivity contribution is 0.373. The van der Waals surface area contributed by atoms with Crippen LogP contribution in [0, 0.1) is 11.6 Å². The highest BCUT2D eigenvalue weighted by Crippen LogP contribution is 2.25. The number of phenolic OH excluding ortho intramolecular Hbond substituents is 1. The highest BCUT2D eigenvalue weighted by atomic mass is 19.1. The molecule has 0 aliphatic carbocycles. The van der Waals surface area contributed by atoms with E-state index in [2.05, 4.69) is 10.5 Å². The van der Waals surface area contributed by atoms with E-state index in [9.17, 15) is 13.9 Å². The minimum Gasteiger partial charge on any atom is -0.504 e. The van der Waals surface area contributed by atoms with Crippen LogP contribution >= 0.6 is 0 Å². The van der Waals surface area contributed by atoms with Gasteiger partial charge in [0.05, 0.1) is 19.0 Å². The normalized spacial score (nSPS) is 10.8. The second kappa shape index (κ2) is 6.01. The smallest absolute Gasteiger partial charge is 0.160 e. The molecule has 0 aliphatic rings. The predicted molar refractivity (Wildman–Crippen MR) is 72.2 cm³/mol. The number of nitrogens with one attached hydrogen (secondary N) is 1. The van der Waals surface area contributed by atoms with E-state index in [1.807, 2.05) is 0 Å².